The van der Waals surface area contributed by atoms with Gasteiger partial charge >= 0.3 is 0 Å². The Balaban J connectivity index is 4.21. The van der Waals surface area contributed by atoms with Gasteiger partial charge in [-0.3, -0.25) is 4.79 Å². The van der Waals surface area contributed by atoms with E-state index in [9.17, 15) is 4.79 Å². The molecule has 0 aromatic rings. The van der Waals surface area contributed by atoms with Crippen molar-refractivity contribution in [2.75, 3.05) is 0 Å². The van der Waals surface area contributed by atoms with Crippen LogP contribution in [0, 0.1) is 0 Å². The quantitative estimate of drug-likeness (QED) is 0.456. The van der Waals surface area contributed by atoms with E-state index in [0.29, 0.717) is 6.41 Å². The molecule has 0 bridgehead atoms. The lowest BCUT2D eigenvalue weighted by Gasteiger charge is -2.34. The standard InChI is InChI=1S/C7H15NO2/c1-6(10)8(5-9)7(2,3)4/h5-6,10H,1-4H3. The largest absolute Gasteiger partial charge is 0.374 e. The predicted octanol–water partition coefficient (Wildman–Crippen LogP) is 0.582. The molecule has 3 heteroatoms. The lowest BCUT2D eigenvalue weighted by molar-refractivity contribution is -0.134. The van der Waals surface area contributed by atoms with E-state index in [1.165, 1.54) is 4.90 Å². The summed E-state index contributed by atoms with van der Waals surface area (Å²) in [5.41, 5.74) is -0.296. The van der Waals surface area contributed by atoms with Gasteiger partial charge in [0.15, 0.2) is 0 Å². The topological polar surface area (TPSA) is 40.5 Å². The number of amides is 1. The zero-order valence-corrected chi connectivity index (χ0v) is 6.96. The van der Waals surface area contributed by atoms with Crippen LogP contribution in [0.15, 0.2) is 0 Å². The van der Waals surface area contributed by atoms with E-state index in [0.717, 1.165) is 0 Å². The number of carbonyl (C=O) groups is 1. The van der Waals surface area contributed by atoms with Crippen molar-refractivity contribution in [1.82, 2.24) is 4.90 Å². The van der Waals surface area contributed by atoms with Gasteiger partial charge in [-0.25, -0.2) is 0 Å². The number of rotatable bonds is 2. The number of aliphatic hydroxyl groups is 1. The summed E-state index contributed by atoms with van der Waals surface area (Å²) >= 11 is 0. The van der Waals surface area contributed by atoms with Crippen LogP contribution >= 0.6 is 0 Å². The van der Waals surface area contributed by atoms with Crippen molar-refractivity contribution < 1.29 is 9.90 Å². The van der Waals surface area contributed by atoms with E-state index in [1.54, 1.807) is 6.92 Å². The third-order valence-corrected chi connectivity index (χ3v) is 1.29. The zero-order chi connectivity index (χ0) is 8.36. The highest BCUT2D eigenvalue weighted by molar-refractivity contribution is 5.48. The second-order valence-electron chi connectivity index (χ2n) is 3.32. The minimum atomic E-state index is -0.711. The molecular weight excluding hydrogens is 130 g/mol. The van der Waals surface area contributed by atoms with Crippen molar-refractivity contribution in [3.8, 4) is 0 Å². The molecular formula is C7H15NO2. The highest BCUT2D eigenvalue weighted by atomic mass is 16.3. The Bertz CT molecular complexity index is 115. The molecule has 0 aromatic heterocycles. The summed E-state index contributed by atoms with van der Waals surface area (Å²) in [5.74, 6) is 0. The van der Waals surface area contributed by atoms with Crippen molar-refractivity contribution in [3.05, 3.63) is 0 Å². The van der Waals surface area contributed by atoms with Gasteiger partial charge in [-0.05, 0) is 27.7 Å². The van der Waals surface area contributed by atoms with Crippen molar-refractivity contribution in [2.24, 2.45) is 0 Å². The van der Waals surface area contributed by atoms with E-state index in [4.69, 9.17) is 5.11 Å². The maximum Gasteiger partial charge on any atom is 0.212 e. The fraction of sp³-hybridized carbons (Fsp3) is 0.857. The normalized spacial score (nSPS) is 14.5. The second kappa shape index (κ2) is 3.01. The third kappa shape index (κ3) is 2.35. The van der Waals surface area contributed by atoms with Gasteiger partial charge < -0.3 is 10.0 Å². The Morgan fingerprint density at radius 3 is 1.90 bits per heavy atom. The fourth-order valence-corrected chi connectivity index (χ4v) is 0.807. The van der Waals surface area contributed by atoms with Crippen molar-refractivity contribution in [3.63, 3.8) is 0 Å². The molecule has 0 aliphatic rings. The van der Waals surface area contributed by atoms with Crippen LogP contribution in [0.3, 0.4) is 0 Å². The van der Waals surface area contributed by atoms with E-state index in [2.05, 4.69) is 0 Å². The molecule has 1 amide bonds. The van der Waals surface area contributed by atoms with E-state index in [1.807, 2.05) is 20.8 Å². The molecule has 0 saturated heterocycles. The Labute approximate surface area is 61.6 Å². The maximum atomic E-state index is 10.4. The van der Waals surface area contributed by atoms with Crippen LogP contribution in [0.2, 0.25) is 0 Å². The van der Waals surface area contributed by atoms with Gasteiger partial charge in [0.25, 0.3) is 0 Å². The maximum absolute atomic E-state index is 10.4. The second-order valence-corrected chi connectivity index (χ2v) is 3.32. The first-order chi connectivity index (χ1) is 4.39. The first-order valence-electron chi connectivity index (χ1n) is 3.31. The Kier molecular flexibility index (Phi) is 2.84. The summed E-state index contributed by atoms with van der Waals surface area (Å²) in [6.45, 7) is 7.18. The molecule has 0 heterocycles. The van der Waals surface area contributed by atoms with Crippen LogP contribution in [0.1, 0.15) is 27.7 Å². The molecule has 1 atom stereocenters. The molecule has 1 unspecified atom stereocenters. The van der Waals surface area contributed by atoms with Gasteiger partial charge in [0, 0.05) is 5.54 Å². The van der Waals surface area contributed by atoms with Crippen molar-refractivity contribution in [2.45, 2.75) is 39.5 Å². The lowest BCUT2D eigenvalue weighted by Crippen LogP contribution is -2.45. The van der Waals surface area contributed by atoms with Crippen LogP contribution in [0.25, 0.3) is 0 Å². The third-order valence-electron chi connectivity index (χ3n) is 1.29. The van der Waals surface area contributed by atoms with Gasteiger partial charge in [0.2, 0.25) is 6.41 Å². The van der Waals surface area contributed by atoms with Gasteiger partial charge in [-0.1, -0.05) is 0 Å². The van der Waals surface area contributed by atoms with Crippen molar-refractivity contribution in [1.29, 1.82) is 0 Å². The number of aliphatic hydroxyl groups excluding tert-OH is 1. The summed E-state index contributed by atoms with van der Waals surface area (Å²) in [5, 5.41) is 9.04. The van der Waals surface area contributed by atoms with Gasteiger partial charge in [-0.2, -0.15) is 0 Å². The lowest BCUT2D eigenvalue weighted by atomic mass is 10.1. The van der Waals surface area contributed by atoms with E-state index in [-0.39, 0.29) is 5.54 Å². The number of hydrogen-bond donors (Lipinski definition) is 1. The van der Waals surface area contributed by atoms with E-state index < -0.39 is 6.23 Å². The molecule has 3 nitrogen and oxygen atoms in total. The highest BCUT2D eigenvalue weighted by Crippen LogP contribution is 2.12. The fourth-order valence-electron chi connectivity index (χ4n) is 0.807. The summed E-state index contributed by atoms with van der Waals surface area (Å²) < 4.78 is 0. The number of hydrogen-bond acceptors (Lipinski definition) is 2. The van der Waals surface area contributed by atoms with Crippen LogP contribution in [-0.2, 0) is 4.79 Å². The first kappa shape index (κ1) is 9.43. The number of nitrogens with zero attached hydrogens (tertiary/aromatic N) is 1. The molecule has 0 spiro atoms. The first-order valence-corrected chi connectivity index (χ1v) is 3.31. The molecule has 0 aliphatic heterocycles. The SMILES string of the molecule is CC(O)N(C=O)C(C)(C)C. The van der Waals surface area contributed by atoms with Gasteiger partial charge in [0.1, 0.15) is 6.23 Å². The van der Waals surface area contributed by atoms with E-state index >= 15 is 0 Å². The smallest absolute Gasteiger partial charge is 0.212 e. The van der Waals surface area contributed by atoms with Crippen LogP contribution < -0.4 is 0 Å². The predicted molar refractivity (Wildman–Crippen MR) is 39.3 cm³/mol. The zero-order valence-electron chi connectivity index (χ0n) is 6.96. The minimum Gasteiger partial charge on any atom is -0.374 e. The Morgan fingerprint density at radius 2 is 1.90 bits per heavy atom. The molecule has 10 heavy (non-hydrogen) atoms. The summed E-state index contributed by atoms with van der Waals surface area (Å²) in [6.07, 6.45) is -0.0532. The Morgan fingerprint density at radius 1 is 1.50 bits per heavy atom. The monoisotopic (exact) mass is 145 g/mol. The molecule has 0 aromatic carbocycles. The average molecular weight is 145 g/mol. The molecule has 0 fully saturated rings. The van der Waals surface area contributed by atoms with Crippen molar-refractivity contribution >= 4 is 6.41 Å². The highest BCUT2D eigenvalue weighted by Gasteiger charge is 2.22. The van der Waals surface area contributed by atoms with Gasteiger partial charge in [0.05, 0.1) is 0 Å². The summed E-state index contributed by atoms with van der Waals surface area (Å²) in [7, 11) is 0. The molecule has 60 valence electrons. The number of carbonyl (C=O) groups excluding carboxylic acids is 1. The van der Waals surface area contributed by atoms with Crippen LogP contribution in [-0.4, -0.2) is 28.2 Å². The minimum absolute atomic E-state index is 0.296. The van der Waals surface area contributed by atoms with Crippen LogP contribution in [0.4, 0.5) is 0 Å². The molecule has 0 aliphatic carbocycles. The molecule has 0 radical (unpaired) electrons. The average Bonchev–Trinajstić information content (AvgIpc) is 1.60. The summed E-state index contributed by atoms with van der Waals surface area (Å²) in [4.78, 5) is 11.7. The summed E-state index contributed by atoms with van der Waals surface area (Å²) in [6, 6.07) is 0. The molecule has 0 saturated carbocycles. The van der Waals surface area contributed by atoms with Crippen LogP contribution in [0.5, 0.6) is 0 Å². The molecule has 1 N–H and O–H groups in total. The molecule has 0 rings (SSSR count). The van der Waals surface area contributed by atoms with Gasteiger partial charge in [-0.15, -0.1) is 0 Å². The Hall–Kier alpha value is -0.570.